The molecule has 0 saturated carbocycles. The van der Waals surface area contributed by atoms with Crippen LogP contribution in [0, 0.1) is 0 Å². The van der Waals surface area contributed by atoms with Crippen LogP contribution in [0.4, 0.5) is 11.4 Å². The fourth-order valence-corrected chi connectivity index (χ4v) is 7.69. The molecule has 0 aliphatic carbocycles. The molecule has 5 aromatic rings. The van der Waals surface area contributed by atoms with Crippen LogP contribution in [0.25, 0.3) is 21.5 Å². The molecule has 0 aromatic heterocycles. The van der Waals surface area contributed by atoms with Crippen LogP contribution < -0.4 is 4.90 Å². The third-order valence-corrected chi connectivity index (χ3v) is 9.76. The number of hydrogen-bond donors (Lipinski definition) is 0. The summed E-state index contributed by atoms with van der Waals surface area (Å²) in [5.74, 6) is 0.153. The zero-order valence-corrected chi connectivity index (χ0v) is 25.6. The second-order valence-corrected chi connectivity index (χ2v) is 12.7. The second kappa shape index (κ2) is 9.91. The van der Waals surface area contributed by atoms with Crippen LogP contribution in [-0.2, 0) is 10.8 Å². The maximum atomic E-state index is 13.8. The molecule has 0 N–H and O–H groups in total. The molecule has 2 aliphatic rings. The van der Waals surface area contributed by atoms with Gasteiger partial charge in [0.2, 0.25) is 5.69 Å². The minimum Gasteiger partial charge on any atom is -0.347 e. The Labute approximate surface area is 254 Å². The monoisotopic (exact) mass is 561 g/mol. The van der Waals surface area contributed by atoms with E-state index in [1.54, 1.807) is 0 Å². The van der Waals surface area contributed by atoms with E-state index in [1.165, 1.54) is 44.1 Å². The highest BCUT2D eigenvalue weighted by Crippen LogP contribution is 2.50. The number of carbonyl (C=O) groups is 1. The second-order valence-electron chi connectivity index (χ2n) is 12.7. The lowest BCUT2D eigenvalue weighted by atomic mass is 9.73. The Kier molecular flexibility index (Phi) is 6.25. The minimum absolute atomic E-state index is 0.153. The van der Waals surface area contributed by atoms with Crippen LogP contribution in [0.15, 0.2) is 127 Å². The molecule has 3 heteroatoms. The lowest BCUT2D eigenvalue weighted by Crippen LogP contribution is -2.33. The lowest BCUT2D eigenvalue weighted by molar-refractivity contribution is -0.401. The summed E-state index contributed by atoms with van der Waals surface area (Å²) >= 11 is 0. The fraction of sp³-hybridized carbons (Fsp3) is 0.200. The summed E-state index contributed by atoms with van der Waals surface area (Å²) < 4.78 is 2.28. The van der Waals surface area contributed by atoms with E-state index >= 15 is 0 Å². The number of benzene rings is 5. The van der Waals surface area contributed by atoms with Gasteiger partial charge in [-0.3, -0.25) is 4.79 Å². The first-order valence-electron chi connectivity index (χ1n) is 15.1. The first-order chi connectivity index (χ1) is 20.7. The maximum absolute atomic E-state index is 13.8. The highest BCUT2D eigenvalue weighted by molar-refractivity contribution is 6.11. The Hall–Kier alpha value is -4.76. The number of likely N-dealkylation sites (N-methyl/N-ethyl adjacent to an activating group) is 1. The van der Waals surface area contributed by atoms with Crippen molar-refractivity contribution in [2.45, 2.75) is 38.0 Å². The molecule has 0 fully saturated rings. The average molecular weight is 562 g/mol. The van der Waals surface area contributed by atoms with Gasteiger partial charge in [0.05, 0.1) is 5.41 Å². The summed E-state index contributed by atoms with van der Waals surface area (Å²) in [6.45, 7) is 6.88. The van der Waals surface area contributed by atoms with E-state index in [1.807, 2.05) is 30.3 Å². The predicted molar refractivity (Wildman–Crippen MR) is 180 cm³/mol. The summed E-state index contributed by atoms with van der Waals surface area (Å²) in [5, 5.41) is 4.98. The third-order valence-electron chi connectivity index (χ3n) is 9.76. The summed E-state index contributed by atoms with van der Waals surface area (Å²) in [4.78, 5) is 16.1. The van der Waals surface area contributed by atoms with Crippen molar-refractivity contribution in [3.63, 3.8) is 0 Å². The molecular formula is C40H37N2O+. The molecule has 3 nitrogen and oxygen atoms in total. The molecule has 1 atom stereocenters. The highest BCUT2D eigenvalue weighted by atomic mass is 16.1. The van der Waals surface area contributed by atoms with E-state index < -0.39 is 5.41 Å². The van der Waals surface area contributed by atoms with E-state index in [0.717, 1.165) is 17.0 Å². The third kappa shape index (κ3) is 4.10. The Morgan fingerprint density at radius 3 is 2.07 bits per heavy atom. The average Bonchev–Trinajstić information content (AvgIpc) is 3.36. The molecule has 0 spiro atoms. The van der Waals surface area contributed by atoms with E-state index in [4.69, 9.17) is 0 Å². The van der Waals surface area contributed by atoms with Gasteiger partial charge >= 0.3 is 0 Å². The van der Waals surface area contributed by atoms with Gasteiger partial charge in [0.25, 0.3) is 0 Å². The van der Waals surface area contributed by atoms with Crippen molar-refractivity contribution in [3.05, 3.63) is 144 Å². The summed E-state index contributed by atoms with van der Waals surface area (Å²) in [7, 11) is 4.30. The number of anilines is 1. The summed E-state index contributed by atoms with van der Waals surface area (Å²) in [6.07, 6.45) is 7.06. The summed E-state index contributed by atoms with van der Waals surface area (Å²) in [5.41, 5.74) is 7.49. The SMILES string of the molecule is CN1/C(=C/C=C/C2=[N+](C)c3ccc4ccccc4c3C2(C)CC(=O)c2ccccc2)C(C)(C)c2c1ccc1ccccc21. The van der Waals surface area contributed by atoms with Gasteiger partial charge in [-0.2, -0.15) is 4.58 Å². The molecule has 0 amide bonds. The normalized spacial score (nSPS) is 20.0. The molecule has 2 heterocycles. The van der Waals surface area contributed by atoms with E-state index in [0.29, 0.717) is 6.42 Å². The first-order valence-corrected chi connectivity index (χ1v) is 15.1. The minimum atomic E-state index is -0.497. The quantitative estimate of drug-likeness (QED) is 0.158. The van der Waals surface area contributed by atoms with Gasteiger partial charge in [0.15, 0.2) is 11.5 Å². The number of ketones is 1. The van der Waals surface area contributed by atoms with Gasteiger partial charge in [-0.15, -0.1) is 0 Å². The van der Waals surface area contributed by atoms with Gasteiger partial charge in [0.1, 0.15) is 7.05 Å². The Bertz CT molecular complexity index is 2030. The molecular weight excluding hydrogens is 524 g/mol. The molecule has 7 rings (SSSR count). The number of carbonyl (C=O) groups excluding carboxylic acids is 1. The van der Waals surface area contributed by atoms with Crippen molar-refractivity contribution < 1.29 is 9.37 Å². The predicted octanol–water partition coefficient (Wildman–Crippen LogP) is 9.12. The molecule has 0 radical (unpaired) electrons. The first kappa shape index (κ1) is 27.1. The van der Waals surface area contributed by atoms with Crippen LogP contribution >= 0.6 is 0 Å². The smallest absolute Gasteiger partial charge is 0.210 e. The number of rotatable bonds is 5. The zero-order valence-electron chi connectivity index (χ0n) is 25.6. The van der Waals surface area contributed by atoms with Crippen LogP contribution in [0.5, 0.6) is 0 Å². The number of hydrogen-bond acceptors (Lipinski definition) is 2. The van der Waals surface area contributed by atoms with Crippen LogP contribution in [0.3, 0.4) is 0 Å². The lowest BCUT2D eigenvalue weighted by Gasteiger charge is -2.24. The van der Waals surface area contributed by atoms with Crippen molar-refractivity contribution in [2.75, 3.05) is 19.0 Å². The molecule has 212 valence electrons. The van der Waals surface area contributed by atoms with Crippen molar-refractivity contribution in [1.82, 2.24) is 0 Å². The van der Waals surface area contributed by atoms with Crippen molar-refractivity contribution in [2.24, 2.45) is 0 Å². The standard InChI is InChI=1S/C40H37N2O/c1-39(2)35(41(4)32-24-22-27-14-9-11-18-30(27)37(32)39)20-13-21-36-40(3,26-34(43)29-16-7-6-8-17-29)38-31-19-12-10-15-28(31)23-25-33(38)42(36)5/h6-25H,26H2,1-5H3/q+1. The number of nitrogens with zero attached hydrogens (tertiary/aromatic N) is 2. The molecule has 43 heavy (non-hydrogen) atoms. The van der Waals surface area contributed by atoms with E-state index in [9.17, 15) is 4.79 Å². The van der Waals surface area contributed by atoms with Crippen molar-refractivity contribution in [3.8, 4) is 0 Å². The van der Waals surface area contributed by atoms with Gasteiger partial charge < -0.3 is 4.90 Å². The fourth-order valence-electron chi connectivity index (χ4n) is 7.69. The molecule has 0 bridgehead atoms. The van der Waals surface area contributed by atoms with E-state index in [2.05, 4.69) is 135 Å². The number of fused-ring (bicyclic) bond motifs is 6. The molecule has 1 unspecified atom stereocenters. The number of allylic oxidation sites excluding steroid dienone is 4. The van der Waals surface area contributed by atoms with Gasteiger partial charge in [0, 0.05) is 53.5 Å². The highest BCUT2D eigenvalue weighted by Gasteiger charge is 2.49. The van der Waals surface area contributed by atoms with Crippen LogP contribution in [-0.4, -0.2) is 30.2 Å². The maximum Gasteiger partial charge on any atom is 0.210 e. The number of Topliss-reactive ketones (excluding diaryl/α,β-unsaturated/α-hetero) is 1. The summed E-state index contributed by atoms with van der Waals surface area (Å²) in [6, 6.07) is 35.8. The molecule has 0 saturated heterocycles. The Morgan fingerprint density at radius 2 is 1.37 bits per heavy atom. The van der Waals surface area contributed by atoms with E-state index in [-0.39, 0.29) is 11.2 Å². The van der Waals surface area contributed by atoms with Gasteiger partial charge in [-0.25, -0.2) is 0 Å². The van der Waals surface area contributed by atoms with Crippen LogP contribution in [0.2, 0.25) is 0 Å². The topological polar surface area (TPSA) is 23.3 Å². The largest absolute Gasteiger partial charge is 0.347 e. The van der Waals surface area contributed by atoms with Crippen molar-refractivity contribution in [1.29, 1.82) is 0 Å². The Morgan fingerprint density at radius 1 is 0.767 bits per heavy atom. The van der Waals surface area contributed by atoms with Gasteiger partial charge in [-0.1, -0.05) is 105 Å². The Balaban J connectivity index is 1.33. The van der Waals surface area contributed by atoms with Crippen LogP contribution in [0.1, 0.15) is 48.7 Å². The zero-order chi connectivity index (χ0) is 29.9. The van der Waals surface area contributed by atoms with Gasteiger partial charge in [-0.05, 0) is 52.2 Å². The molecule has 5 aromatic carbocycles. The molecule has 2 aliphatic heterocycles. The van der Waals surface area contributed by atoms with Crippen molar-refractivity contribution >= 4 is 44.4 Å².